The molecule has 2 heteroatoms. The first-order valence-corrected chi connectivity index (χ1v) is 16.4. The highest BCUT2D eigenvalue weighted by Gasteiger charge is 2.37. The van der Waals surface area contributed by atoms with Crippen molar-refractivity contribution in [2.24, 2.45) is 0 Å². The lowest BCUT2D eigenvalue weighted by molar-refractivity contribution is 0.332. The van der Waals surface area contributed by atoms with Gasteiger partial charge in [0.15, 0.2) is 0 Å². The molecular formula is C44H42N2. The number of fused-ring (bicyclic) bond motifs is 1. The van der Waals surface area contributed by atoms with Gasteiger partial charge in [0.2, 0.25) is 0 Å². The maximum atomic E-state index is 2.45. The van der Waals surface area contributed by atoms with Crippen molar-refractivity contribution in [1.29, 1.82) is 0 Å². The Labute approximate surface area is 274 Å². The van der Waals surface area contributed by atoms with Gasteiger partial charge in [-0.15, -0.1) is 0 Å². The van der Waals surface area contributed by atoms with Gasteiger partial charge in [0.05, 0.1) is 0 Å². The molecule has 0 saturated heterocycles. The molecule has 7 rings (SSSR count). The van der Waals surface area contributed by atoms with Crippen molar-refractivity contribution in [1.82, 2.24) is 0 Å². The largest absolute Gasteiger partial charge is 0.310 e. The van der Waals surface area contributed by atoms with Gasteiger partial charge in [-0.05, 0) is 119 Å². The molecule has 2 nitrogen and oxygen atoms in total. The van der Waals surface area contributed by atoms with Gasteiger partial charge in [-0.25, -0.2) is 0 Å². The van der Waals surface area contributed by atoms with E-state index in [9.17, 15) is 0 Å². The molecule has 0 heterocycles. The van der Waals surface area contributed by atoms with Crippen molar-refractivity contribution in [3.05, 3.63) is 169 Å². The number of para-hydroxylation sites is 3. The fourth-order valence-corrected chi connectivity index (χ4v) is 6.97. The Kier molecular flexibility index (Phi) is 7.74. The third kappa shape index (κ3) is 5.72. The number of benzene rings is 6. The van der Waals surface area contributed by atoms with Gasteiger partial charge in [-0.3, -0.25) is 0 Å². The highest BCUT2D eigenvalue weighted by atomic mass is 15.1. The smallest absolute Gasteiger partial charge is 0.0467 e. The van der Waals surface area contributed by atoms with Crippen molar-refractivity contribution in [2.45, 2.75) is 51.4 Å². The van der Waals surface area contributed by atoms with Gasteiger partial charge in [0.25, 0.3) is 0 Å². The summed E-state index contributed by atoms with van der Waals surface area (Å²) < 4.78 is 0. The fourth-order valence-electron chi connectivity index (χ4n) is 6.97. The summed E-state index contributed by atoms with van der Waals surface area (Å²) in [4.78, 5) is 4.71. The second kappa shape index (κ2) is 12.0. The van der Waals surface area contributed by atoms with Crippen LogP contribution in [0.3, 0.4) is 0 Å². The van der Waals surface area contributed by atoms with Crippen LogP contribution in [0.2, 0.25) is 0 Å². The molecule has 0 radical (unpaired) electrons. The monoisotopic (exact) mass is 598 g/mol. The van der Waals surface area contributed by atoms with Gasteiger partial charge in [0, 0.05) is 34.1 Å². The van der Waals surface area contributed by atoms with E-state index in [1.54, 1.807) is 0 Å². The van der Waals surface area contributed by atoms with Crippen LogP contribution in [0, 0.1) is 0 Å². The molecule has 0 unspecified atom stereocenters. The zero-order chi connectivity index (χ0) is 31.7. The van der Waals surface area contributed by atoms with E-state index in [0.717, 1.165) is 28.4 Å². The summed E-state index contributed by atoms with van der Waals surface area (Å²) in [6.07, 6.45) is 2.41. The molecule has 0 N–H and O–H groups in total. The van der Waals surface area contributed by atoms with Crippen LogP contribution in [0.25, 0.3) is 11.1 Å². The first-order valence-electron chi connectivity index (χ1n) is 16.4. The molecular weight excluding hydrogens is 556 g/mol. The van der Waals surface area contributed by atoms with E-state index in [2.05, 4.69) is 195 Å². The van der Waals surface area contributed by atoms with Crippen LogP contribution in [0.5, 0.6) is 0 Å². The number of anilines is 6. The molecule has 0 spiro atoms. The molecule has 0 atom stereocenters. The van der Waals surface area contributed by atoms with Crippen LogP contribution >= 0.6 is 0 Å². The van der Waals surface area contributed by atoms with Gasteiger partial charge in [0.1, 0.15) is 0 Å². The SMILES string of the molecule is CC1(C)CCC(C)(C)c2cc(N(c3ccccc3)c3ccc(-c4cccc(N(c5ccccc5)c5ccccc5)c4)cc3)ccc21. The Morgan fingerprint density at radius 2 is 0.761 bits per heavy atom. The first-order chi connectivity index (χ1) is 22.3. The maximum absolute atomic E-state index is 2.45. The molecule has 228 valence electrons. The van der Waals surface area contributed by atoms with Crippen LogP contribution in [-0.2, 0) is 10.8 Å². The van der Waals surface area contributed by atoms with Crippen molar-refractivity contribution in [3.63, 3.8) is 0 Å². The number of hydrogen-bond acceptors (Lipinski definition) is 2. The molecule has 0 saturated carbocycles. The highest BCUT2D eigenvalue weighted by molar-refractivity contribution is 5.82. The normalized spacial score (nSPS) is 14.7. The number of rotatable bonds is 7. The van der Waals surface area contributed by atoms with Crippen molar-refractivity contribution < 1.29 is 0 Å². The molecule has 0 bridgehead atoms. The quantitative estimate of drug-likeness (QED) is 0.180. The predicted molar refractivity (Wildman–Crippen MR) is 197 cm³/mol. The van der Waals surface area contributed by atoms with Crippen LogP contribution in [0.15, 0.2) is 158 Å². The van der Waals surface area contributed by atoms with Crippen LogP contribution in [-0.4, -0.2) is 0 Å². The van der Waals surface area contributed by atoms with Crippen LogP contribution < -0.4 is 9.80 Å². The summed E-state index contributed by atoms with van der Waals surface area (Å²) in [5.74, 6) is 0. The molecule has 0 aliphatic heterocycles. The minimum atomic E-state index is 0.144. The zero-order valence-corrected chi connectivity index (χ0v) is 27.3. The topological polar surface area (TPSA) is 6.48 Å². The third-order valence-electron chi connectivity index (χ3n) is 9.70. The Bertz CT molecular complexity index is 1880. The molecule has 6 aromatic carbocycles. The standard InChI is InChI=1S/C44H42N2/c1-43(2)29-30-44(3,4)42-32-40(27-28-41(42)43)46(37-20-12-7-13-21-37)38-25-23-33(24-26-38)34-15-14-22-39(31-34)45(35-16-8-5-9-17-35)36-18-10-6-11-19-36/h5-28,31-32H,29-30H2,1-4H3. The summed E-state index contributed by atoms with van der Waals surface area (Å²) in [5, 5.41) is 0. The van der Waals surface area contributed by atoms with Crippen LogP contribution in [0.4, 0.5) is 34.1 Å². The van der Waals surface area contributed by atoms with Crippen molar-refractivity contribution in [3.8, 4) is 11.1 Å². The van der Waals surface area contributed by atoms with Crippen molar-refractivity contribution >= 4 is 34.1 Å². The van der Waals surface area contributed by atoms with Gasteiger partial charge in [-0.2, -0.15) is 0 Å². The summed E-state index contributed by atoms with van der Waals surface area (Å²) in [6, 6.07) is 56.9. The van der Waals surface area contributed by atoms with Gasteiger partial charge < -0.3 is 9.80 Å². The second-order valence-electron chi connectivity index (χ2n) is 13.8. The van der Waals surface area contributed by atoms with Gasteiger partial charge >= 0.3 is 0 Å². The zero-order valence-electron chi connectivity index (χ0n) is 27.3. The second-order valence-corrected chi connectivity index (χ2v) is 13.8. The highest BCUT2D eigenvalue weighted by Crippen LogP contribution is 2.48. The van der Waals surface area contributed by atoms with E-state index < -0.39 is 0 Å². The lowest BCUT2D eigenvalue weighted by Crippen LogP contribution is -2.34. The molecule has 1 aliphatic rings. The van der Waals surface area contributed by atoms with E-state index in [1.807, 2.05) is 0 Å². The first kappa shape index (κ1) is 29.6. The third-order valence-corrected chi connectivity index (χ3v) is 9.70. The van der Waals surface area contributed by atoms with Crippen LogP contribution in [0.1, 0.15) is 51.7 Å². The minimum absolute atomic E-state index is 0.144. The van der Waals surface area contributed by atoms with E-state index >= 15 is 0 Å². The summed E-state index contributed by atoms with van der Waals surface area (Å²) in [7, 11) is 0. The molecule has 6 aromatic rings. The Morgan fingerprint density at radius 3 is 1.28 bits per heavy atom. The minimum Gasteiger partial charge on any atom is -0.310 e. The van der Waals surface area contributed by atoms with E-state index in [4.69, 9.17) is 0 Å². The Morgan fingerprint density at radius 1 is 0.348 bits per heavy atom. The van der Waals surface area contributed by atoms with Gasteiger partial charge in [-0.1, -0.05) is 113 Å². The summed E-state index contributed by atoms with van der Waals surface area (Å²) in [5.41, 5.74) is 12.6. The summed E-state index contributed by atoms with van der Waals surface area (Å²) in [6.45, 7) is 9.58. The van der Waals surface area contributed by atoms with Crippen molar-refractivity contribution in [2.75, 3.05) is 9.80 Å². The maximum Gasteiger partial charge on any atom is 0.0467 e. The van der Waals surface area contributed by atoms with E-state index in [1.165, 1.54) is 40.8 Å². The molecule has 0 amide bonds. The lowest BCUT2D eigenvalue weighted by atomic mass is 9.63. The Balaban J connectivity index is 1.27. The van der Waals surface area contributed by atoms with E-state index in [-0.39, 0.29) is 10.8 Å². The predicted octanol–water partition coefficient (Wildman–Crippen LogP) is 12.6. The average Bonchev–Trinajstić information content (AvgIpc) is 3.09. The van der Waals surface area contributed by atoms with E-state index in [0.29, 0.717) is 0 Å². The average molecular weight is 599 g/mol. The lowest BCUT2D eigenvalue weighted by Gasteiger charge is -2.42. The number of hydrogen-bond donors (Lipinski definition) is 0. The molecule has 46 heavy (non-hydrogen) atoms. The summed E-state index contributed by atoms with van der Waals surface area (Å²) >= 11 is 0. The molecule has 0 aromatic heterocycles. The molecule has 1 aliphatic carbocycles. The number of nitrogens with zero attached hydrogens (tertiary/aromatic N) is 2. The molecule has 0 fully saturated rings. The Hall–Kier alpha value is -5.08. The fraction of sp³-hybridized carbons (Fsp3) is 0.182.